The van der Waals surface area contributed by atoms with Gasteiger partial charge in [0.05, 0.1) is 5.92 Å². The Kier molecular flexibility index (Phi) is 3.59. The molecule has 0 radical (unpaired) electrons. The maximum atomic E-state index is 13.2. The lowest BCUT2D eigenvalue weighted by Gasteiger charge is -2.36. The van der Waals surface area contributed by atoms with Gasteiger partial charge in [0.2, 0.25) is 11.8 Å². The second kappa shape index (κ2) is 5.86. The topological polar surface area (TPSA) is 56.4 Å². The van der Waals surface area contributed by atoms with Crippen LogP contribution in [0.25, 0.3) is 10.9 Å². The van der Waals surface area contributed by atoms with Gasteiger partial charge in [0, 0.05) is 60.7 Å². The molecule has 3 heterocycles. The summed E-state index contributed by atoms with van der Waals surface area (Å²) in [7, 11) is 0. The van der Waals surface area contributed by atoms with Crippen molar-refractivity contribution in [2.75, 3.05) is 13.1 Å². The van der Waals surface area contributed by atoms with Gasteiger partial charge in [0.1, 0.15) is 0 Å². The summed E-state index contributed by atoms with van der Waals surface area (Å²) in [5.41, 5.74) is 5.00. The molecule has 1 saturated heterocycles. The number of aryl methyl sites for hydroxylation is 1. The summed E-state index contributed by atoms with van der Waals surface area (Å²) in [6, 6.07) is 6.77. The summed E-state index contributed by atoms with van der Waals surface area (Å²) in [5, 5.41) is 1.25. The molecule has 1 saturated carbocycles. The molecule has 1 atom stereocenters. The van der Waals surface area contributed by atoms with Gasteiger partial charge in [-0.1, -0.05) is 18.2 Å². The molecule has 136 valence electrons. The molecular weight excluding hydrogens is 326 g/mol. The minimum atomic E-state index is -0.0261. The molecule has 1 unspecified atom stereocenters. The first-order valence-electron chi connectivity index (χ1n) is 9.79. The maximum absolute atomic E-state index is 13.2. The summed E-state index contributed by atoms with van der Waals surface area (Å²) in [6.07, 6.45) is 4.32. The minimum absolute atomic E-state index is 0.0261. The largest absolute Gasteiger partial charge is 0.358 e. The van der Waals surface area contributed by atoms with Crippen molar-refractivity contribution in [2.45, 2.75) is 51.6 Å². The van der Waals surface area contributed by atoms with Crippen molar-refractivity contribution in [3.8, 4) is 0 Å². The Morgan fingerprint density at radius 2 is 2.04 bits per heavy atom. The number of para-hydroxylation sites is 1. The van der Waals surface area contributed by atoms with Crippen molar-refractivity contribution in [3.05, 3.63) is 35.0 Å². The zero-order chi connectivity index (χ0) is 17.8. The Morgan fingerprint density at radius 1 is 1.19 bits per heavy atom. The molecule has 26 heavy (non-hydrogen) atoms. The van der Waals surface area contributed by atoms with E-state index >= 15 is 0 Å². The van der Waals surface area contributed by atoms with E-state index in [1.807, 2.05) is 9.80 Å². The summed E-state index contributed by atoms with van der Waals surface area (Å²) in [5.74, 6) is 0.446. The molecule has 2 amide bonds. The SMILES string of the molecule is Cc1cccc2c3c([nH]c12)CCN(C(=O)C1CCC(=O)N(C2CC2)C1)C3. The Hall–Kier alpha value is -2.30. The third-order valence-corrected chi connectivity index (χ3v) is 6.31. The van der Waals surface area contributed by atoms with Crippen LogP contribution in [-0.4, -0.2) is 45.7 Å². The van der Waals surface area contributed by atoms with Crippen LogP contribution >= 0.6 is 0 Å². The molecule has 0 bridgehead atoms. The van der Waals surface area contributed by atoms with Gasteiger partial charge in [0.25, 0.3) is 0 Å². The molecule has 1 aromatic carbocycles. The fraction of sp³-hybridized carbons (Fsp3) is 0.524. The van der Waals surface area contributed by atoms with Crippen molar-refractivity contribution >= 4 is 22.7 Å². The lowest BCUT2D eigenvalue weighted by molar-refractivity contribution is -0.144. The van der Waals surface area contributed by atoms with E-state index in [4.69, 9.17) is 0 Å². The zero-order valence-electron chi connectivity index (χ0n) is 15.3. The van der Waals surface area contributed by atoms with E-state index in [0.29, 0.717) is 32.0 Å². The molecule has 5 heteroatoms. The number of H-pyrrole nitrogens is 1. The van der Waals surface area contributed by atoms with Gasteiger partial charge >= 0.3 is 0 Å². The second-order valence-electron chi connectivity index (χ2n) is 8.10. The Labute approximate surface area is 153 Å². The standard InChI is InChI=1S/C21H25N3O2/c1-13-3-2-4-16-17-12-23(10-9-18(17)22-20(13)16)21(26)14-5-8-19(25)24(11-14)15-6-7-15/h2-4,14-15,22H,5-12H2,1H3. The van der Waals surface area contributed by atoms with Gasteiger partial charge in [-0.05, 0) is 31.7 Å². The number of nitrogens with one attached hydrogen (secondary N) is 1. The van der Waals surface area contributed by atoms with Gasteiger partial charge in [-0.15, -0.1) is 0 Å². The first-order valence-corrected chi connectivity index (χ1v) is 9.79. The van der Waals surface area contributed by atoms with Crippen molar-refractivity contribution in [1.82, 2.24) is 14.8 Å². The van der Waals surface area contributed by atoms with E-state index < -0.39 is 0 Å². The van der Waals surface area contributed by atoms with E-state index in [9.17, 15) is 9.59 Å². The number of hydrogen-bond donors (Lipinski definition) is 1. The number of aromatic amines is 1. The molecule has 5 nitrogen and oxygen atoms in total. The molecule has 2 aliphatic heterocycles. The van der Waals surface area contributed by atoms with Crippen LogP contribution in [0.4, 0.5) is 0 Å². The van der Waals surface area contributed by atoms with Gasteiger partial charge in [0.15, 0.2) is 0 Å². The monoisotopic (exact) mass is 351 g/mol. The first kappa shape index (κ1) is 15.9. The molecule has 1 aromatic heterocycles. The van der Waals surface area contributed by atoms with Crippen molar-refractivity contribution in [1.29, 1.82) is 0 Å². The van der Waals surface area contributed by atoms with Crippen LogP contribution in [0, 0.1) is 12.8 Å². The predicted molar refractivity (Wildman–Crippen MR) is 99.6 cm³/mol. The Bertz CT molecular complexity index is 896. The van der Waals surface area contributed by atoms with Gasteiger partial charge in [-0.3, -0.25) is 9.59 Å². The Morgan fingerprint density at radius 3 is 2.85 bits per heavy atom. The van der Waals surface area contributed by atoms with Gasteiger partial charge in [-0.25, -0.2) is 0 Å². The maximum Gasteiger partial charge on any atom is 0.227 e. The molecule has 1 aliphatic carbocycles. The van der Waals surface area contributed by atoms with E-state index in [-0.39, 0.29) is 17.7 Å². The number of benzene rings is 1. The number of amides is 2. The number of carbonyl (C=O) groups is 2. The lowest BCUT2D eigenvalue weighted by Crippen LogP contribution is -2.48. The number of piperidine rings is 1. The number of carbonyl (C=O) groups excluding carboxylic acids is 2. The summed E-state index contributed by atoms with van der Waals surface area (Å²) in [4.78, 5) is 32.8. The van der Waals surface area contributed by atoms with E-state index in [1.165, 1.54) is 27.7 Å². The quantitative estimate of drug-likeness (QED) is 0.904. The van der Waals surface area contributed by atoms with Crippen LogP contribution in [0.1, 0.15) is 42.5 Å². The normalized spacial score (nSPS) is 23.4. The van der Waals surface area contributed by atoms with Crippen LogP contribution < -0.4 is 0 Å². The number of hydrogen-bond acceptors (Lipinski definition) is 2. The molecule has 2 aromatic rings. The number of nitrogens with zero attached hydrogens (tertiary/aromatic N) is 2. The molecule has 2 fully saturated rings. The fourth-order valence-electron chi connectivity index (χ4n) is 4.64. The Balaban J connectivity index is 1.37. The summed E-state index contributed by atoms with van der Waals surface area (Å²) < 4.78 is 0. The van der Waals surface area contributed by atoms with Crippen LogP contribution in [0.3, 0.4) is 0 Å². The summed E-state index contributed by atoms with van der Waals surface area (Å²) >= 11 is 0. The fourth-order valence-corrected chi connectivity index (χ4v) is 4.64. The molecule has 3 aliphatic rings. The highest BCUT2D eigenvalue weighted by atomic mass is 16.2. The average molecular weight is 351 g/mol. The highest BCUT2D eigenvalue weighted by Gasteiger charge is 2.40. The first-order chi connectivity index (χ1) is 12.6. The van der Waals surface area contributed by atoms with Crippen LogP contribution in [0.2, 0.25) is 0 Å². The molecular formula is C21H25N3O2. The highest BCUT2D eigenvalue weighted by Crippen LogP contribution is 2.34. The number of rotatable bonds is 2. The van der Waals surface area contributed by atoms with Crippen LogP contribution in [-0.2, 0) is 22.6 Å². The minimum Gasteiger partial charge on any atom is -0.358 e. The van der Waals surface area contributed by atoms with Crippen molar-refractivity contribution in [2.24, 2.45) is 5.92 Å². The number of aromatic nitrogens is 1. The smallest absolute Gasteiger partial charge is 0.227 e. The third-order valence-electron chi connectivity index (χ3n) is 6.31. The molecule has 5 rings (SSSR count). The average Bonchev–Trinajstić information content (AvgIpc) is 3.42. The van der Waals surface area contributed by atoms with E-state index in [1.54, 1.807) is 0 Å². The van der Waals surface area contributed by atoms with Gasteiger partial charge in [-0.2, -0.15) is 0 Å². The molecule has 0 spiro atoms. The number of fused-ring (bicyclic) bond motifs is 3. The zero-order valence-corrected chi connectivity index (χ0v) is 15.3. The summed E-state index contributed by atoms with van der Waals surface area (Å²) in [6.45, 7) is 4.20. The molecule has 1 N–H and O–H groups in total. The van der Waals surface area contributed by atoms with Gasteiger partial charge < -0.3 is 14.8 Å². The number of likely N-dealkylation sites (tertiary alicyclic amines) is 1. The van der Waals surface area contributed by atoms with Crippen LogP contribution in [0.5, 0.6) is 0 Å². The van der Waals surface area contributed by atoms with Crippen LogP contribution in [0.15, 0.2) is 18.2 Å². The van der Waals surface area contributed by atoms with Crippen molar-refractivity contribution in [3.63, 3.8) is 0 Å². The lowest BCUT2D eigenvalue weighted by atomic mass is 9.94. The van der Waals surface area contributed by atoms with Crippen molar-refractivity contribution < 1.29 is 9.59 Å². The van der Waals surface area contributed by atoms with E-state index in [2.05, 4.69) is 30.1 Å². The van der Waals surface area contributed by atoms with E-state index in [0.717, 1.165) is 25.8 Å². The second-order valence-corrected chi connectivity index (χ2v) is 8.10. The predicted octanol–water partition coefficient (Wildman–Crippen LogP) is 2.76. The third kappa shape index (κ3) is 2.52. The highest BCUT2D eigenvalue weighted by molar-refractivity contribution is 5.89.